The summed E-state index contributed by atoms with van der Waals surface area (Å²) in [5, 5.41) is 0. The molecular formula is C20H24N2O4S. The highest BCUT2D eigenvalue weighted by Gasteiger charge is 2.28. The monoisotopic (exact) mass is 388 g/mol. The molecule has 2 aromatic rings. The third-order valence-electron chi connectivity index (χ3n) is 4.53. The first kappa shape index (κ1) is 19.2. The van der Waals surface area contributed by atoms with Crippen molar-refractivity contribution in [3.05, 3.63) is 59.7 Å². The molecule has 0 aromatic heterocycles. The van der Waals surface area contributed by atoms with Crippen LogP contribution in [0.25, 0.3) is 0 Å². The molecule has 3 rings (SSSR count). The zero-order valence-electron chi connectivity index (χ0n) is 15.6. The Morgan fingerprint density at radius 3 is 2.56 bits per heavy atom. The van der Waals surface area contributed by atoms with Gasteiger partial charge in [0.15, 0.2) is 0 Å². The molecule has 2 aromatic carbocycles. The van der Waals surface area contributed by atoms with Crippen molar-refractivity contribution in [1.29, 1.82) is 0 Å². The van der Waals surface area contributed by atoms with E-state index >= 15 is 0 Å². The van der Waals surface area contributed by atoms with Crippen molar-refractivity contribution < 1.29 is 17.9 Å². The number of hydrogen-bond acceptors (Lipinski definition) is 4. The summed E-state index contributed by atoms with van der Waals surface area (Å²) in [6, 6.07) is 14.5. The molecule has 7 heteroatoms. The van der Waals surface area contributed by atoms with E-state index in [9.17, 15) is 13.2 Å². The van der Waals surface area contributed by atoms with E-state index in [4.69, 9.17) is 4.74 Å². The number of benzene rings is 2. The molecule has 0 saturated carbocycles. The lowest BCUT2D eigenvalue weighted by Crippen LogP contribution is -2.31. The van der Waals surface area contributed by atoms with Gasteiger partial charge in [0.25, 0.3) is 5.91 Å². The van der Waals surface area contributed by atoms with E-state index in [0.29, 0.717) is 37.4 Å². The first-order valence-electron chi connectivity index (χ1n) is 8.92. The van der Waals surface area contributed by atoms with Crippen LogP contribution in [0.2, 0.25) is 0 Å². The maximum atomic E-state index is 12.5. The van der Waals surface area contributed by atoms with Crippen molar-refractivity contribution in [3.63, 3.8) is 0 Å². The molecule has 27 heavy (non-hydrogen) atoms. The fourth-order valence-corrected chi connectivity index (χ4v) is 4.59. The molecule has 0 spiro atoms. The summed E-state index contributed by atoms with van der Waals surface area (Å²) in [7, 11) is -1.49. The number of likely N-dealkylation sites (N-methyl/N-ethyl adjacent to an activating group) is 1. The normalized spacial score (nSPS) is 15.6. The van der Waals surface area contributed by atoms with Crippen LogP contribution in [0.15, 0.2) is 48.5 Å². The first-order valence-corrected chi connectivity index (χ1v) is 10.5. The summed E-state index contributed by atoms with van der Waals surface area (Å²) in [5.74, 6) is 0.836. The van der Waals surface area contributed by atoms with Crippen molar-refractivity contribution in [1.82, 2.24) is 4.90 Å². The van der Waals surface area contributed by atoms with Gasteiger partial charge in [0, 0.05) is 19.2 Å². The van der Waals surface area contributed by atoms with E-state index in [1.807, 2.05) is 31.2 Å². The van der Waals surface area contributed by atoms with E-state index in [2.05, 4.69) is 0 Å². The van der Waals surface area contributed by atoms with Gasteiger partial charge in [0.2, 0.25) is 10.0 Å². The Balaban J connectivity index is 1.56. The molecule has 1 saturated heterocycles. The maximum absolute atomic E-state index is 12.5. The molecule has 1 heterocycles. The standard InChI is InChI=1S/C20H24N2O4S/c1-16-5-3-6-19(15-16)26-13-12-21(2)20(23)17-7-9-18(10-8-17)22-11-4-14-27(22,24)25/h3,5-10,15H,4,11-14H2,1-2H3. The summed E-state index contributed by atoms with van der Waals surface area (Å²) in [5.41, 5.74) is 2.25. The van der Waals surface area contributed by atoms with Crippen LogP contribution in [-0.4, -0.2) is 51.7 Å². The van der Waals surface area contributed by atoms with Crippen LogP contribution < -0.4 is 9.04 Å². The Bertz CT molecular complexity index is 910. The maximum Gasteiger partial charge on any atom is 0.253 e. The highest BCUT2D eigenvalue weighted by atomic mass is 32.2. The molecule has 1 amide bonds. The molecular weight excluding hydrogens is 364 g/mol. The van der Waals surface area contributed by atoms with Gasteiger partial charge in [-0.2, -0.15) is 0 Å². The zero-order valence-corrected chi connectivity index (χ0v) is 16.4. The average molecular weight is 388 g/mol. The average Bonchev–Trinajstić information content (AvgIpc) is 3.00. The van der Waals surface area contributed by atoms with Gasteiger partial charge in [-0.1, -0.05) is 12.1 Å². The van der Waals surface area contributed by atoms with Crippen LogP contribution >= 0.6 is 0 Å². The van der Waals surface area contributed by atoms with Crippen molar-refractivity contribution >= 4 is 21.6 Å². The van der Waals surface area contributed by atoms with Crippen molar-refractivity contribution in [2.75, 3.05) is 36.8 Å². The van der Waals surface area contributed by atoms with Crippen LogP contribution in [-0.2, 0) is 10.0 Å². The Morgan fingerprint density at radius 2 is 1.93 bits per heavy atom. The number of anilines is 1. The number of nitrogens with zero attached hydrogens (tertiary/aromatic N) is 2. The molecule has 144 valence electrons. The van der Waals surface area contributed by atoms with Crippen molar-refractivity contribution in [3.8, 4) is 5.75 Å². The third-order valence-corrected chi connectivity index (χ3v) is 6.40. The lowest BCUT2D eigenvalue weighted by atomic mass is 10.2. The molecule has 0 N–H and O–H groups in total. The molecule has 0 radical (unpaired) electrons. The second kappa shape index (κ2) is 8.00. The summed E-state index contributed by atoms with van der Waals surface area (Å²) >= 11 is 0. The van der Waals surface area contributed by atoms with Gasteiger partial charge >= 0.3 is 0 Å². The van der Waals surface area contributed by atoms with Crippen LogP contribution in [0.5, 0.6) is 5.75 Å². The molecule has 0 bridgehead atoms. The summed E-state index contributed by atoms with van der Waals surface area (Å²) in [4.78, 5) is 14.1. The van der Waals surface area contributed by atoms with Crippen LogP contribution in [0.3, 0.4) is 0 Å². The summed E-state index contributed by atoms with van der Waals surface area (Å²) in [6.07, 6.45) is 0.632. The van der Waals surface area contributed by atoms with Crippen LogP contribution in [0.1, 0.15) is 22.3 Å². The molecule has 6 nitrogen and oxygen atoms in total. The van der Waals surface area contributed by atoms with Gasteiger partial charge in [-0.15, -0.1) is 0 Å². The zero-order chi connectivity index (χ0) is 19.4. The molecule has 0 atom stereocenters. The van der Waals surface area contributed by atoms with Crippen molar-refractivity contribution in [2.24, 2.45) is 0 Å². The van der Waals surface area contributed by atoms with Gasteiger partial charge in [-0.25, -0.2) is 8.42 Å². The number of carbonyl (C=O) groups excluding carboxylic acids is 1. The largest absolute Gasteiger partial charge is 0.492 e. The molecule has 1 aliphatic heterocycles. The number of ether oxygens (including phenoxy) is 1. The van der Waals surface area contributed by atoms with Gasteiger partial charge < -0.3 is 9.64 Å². The van der Waals surface area contributed by atoms with Crippen molar-refractivity contribution in [2.45, 2.75) is 13.3 Å². The summed E-state index contributed by atoms with van der Waals surface area (Å²) < 4.78 is 31.1. The second-order valence-corrected chi connectivity index (χ2v) is 8.69. The Morgan fingerprint density at radius 1 is 1.19 bits per heavy atom. The van der Waals surface area contributed by atoms with Crippen LogP contribution in [0.4, 0.5) is 5.69 Å². The highest BCUT2D eigenvalue weighted by Crippen LogP contribution is 2.24. The number of rotatable bonds is 6. The molecule has 1 aliphatic rings. The minimum atomic E-state index is -3.21. The lowest BCUT2D eigenvalue weighted by Gasteiger charge is -2.19. The Labute approximate surface area is 160 Å². The number of hydrogen-bond donors (Lipinski definition) is 0. The van der Waals surface area contributed by atoms with Gasteiger partial charge in [-0.05, 0) is 55.3 Å². The second-order valence-electron chi connectivity index (χ2n) is 6.68. The minimum absolute atomic E-state index is 0.126. The molecule has 1 fully saturated rings. The minimum Gasteiger partial charge on any atom is -0.492 e. The predicted molar refractivity (Wildman–Crippen MR) is 106 cm³/mol. The topological polar surface area (TPSA) is 66.9 Å². The van der Waals surface area contributed by atoms with Crippen LogP contribution in [0, 0.1) is 6.92 Å². The summed E-state index contributed by atoms with van der Waals surface area (Å²) in [6.45, 7) is 3.34. The number of amides is 1. The van der Waals surface area contributed by atoms with E-state index in [1.165, 1.54) is 4.31 Å². The third kappa shape index (κ3) is 4.60. The molecule has 0 aliphatic carbocycles. The van der Waals surface area contributed by atoms with Gasteiger partial charge in [0.05, 0.1) is 18.0 Å². The van der Waals surface area contributed by atoms with E-state index < -0.39 is 10.0 Å². The SMILES string of the molecule is Cc1cccc(OCCN(C)C(=O)c2ccc(N3CCCS3(=O)=O)cc2)c1. The number of carbonyl (C=O) groups is 1. The fourth-order valence-electron chi connectivity index (χ4n) is 3.03. The highest BCUT2D eigenvalue weighted by molar-refractivity contribution is 7.93. The van der Waals surface area contributed by atoms with E-state index in [-0.39, 0.29) is 11.7 Å². The smallest absolute Gasteiger partial charge is 0.253 e. The predicted octanol–water partition coefficient (Wildman–Crippen LogP) is 2.69. The molecule has 0 unspecified atom stereocenters. The van der Waals surface area contributed by atoms with Gasteiger partial charge in [0.1, 0.15) is 12.4 Å². The Kier molecular flexibility index (Phi) is 5.70. The van der Waals surface area contributed by atoms with E-state index in [1.54, 1.807) is 36.2 Å². The lowest BCUT2D eigenvalue weighted by molar-refractivity contribution is 0.0774. The van der Waals surface area contributed by atoms with Gasteiger partial charge in [-0.3, -0.25) is 9.10 Å². The first-order chi connectivity index (χ1) is 12.9. The number of sulfonamides is 1. The fraction of sp³-hybridized carbons (Fsp3) is 0.350. The number of aryl methyl sites for hydroxylation is 1. The van der Waals surface area contributed by atoms with E-state index in [0.717, 1.165) is 11.3 Å². The quantitative estimate of drug-likeness (QED) is 0.763. The Hall–Kier alpha value is -2.54.